The summed E-state index contributed by atoms with van der Waals surface area (Å²) in [4.78, 5) is 9.35. The maximum atomic E-state index is 9.35. The molecule has 0 aliphatic rings. The Morgan fingerprint density at radius 2 is 2.43 bits per heavy atom. The largest absolute Gasteiger partial charge is 0.330 e. The Hall–Kier alpha value is -0.0900. The van der Waals surface area contributed by atoms with E-state index in [4.69, 9.17) is 5.73 Å². The minimum absolute atomic E-state index is 0.641. The van der Waals surface area contributed by atoms with Gasteiger partial charge in [0.15, 0.2) is 0 Å². The van der Waals surface area contributed by atoms with Gasteiger partial charge in [-0.15, -0.1) is 4.91 Å². The van der Waals surface area contributed by atoms with Gasteiger partial charge in [0.25, 0.3) is 0 Å². The van der Waals surface area contributed by atoms with Gasteiger partial charge in [0, 0.05) is 22.3 Å². The number of nitroso groups, excluding NO2 is 1. The van der Waals surface area contributed by atoms with Crippen molar-refractivity contribution in [2.24, 2.45) is 10.3 Å². The number of nitrogens with zero attached hydrogens (tertiary/aromatic N) is 1. The van der Waals surface area contributed by atoms with E-state index in [1.165, 1.54) is 0 Å². The van der Waals surface area contributed by atoms with Crippen molar-refractivity contribution in [3.63, 3.8) is 0 Å². The van der Waals surface area contributed by atoms with Crippen LogP contribution in [-0.2, 0) is 0 Å². The molecule has 0 aromatic carbocycles. The van der Waals surface area contributed by atoms with Crippen LogP contribution in [0.5, 0.6) is 0 Å². The molecule has 2 N–H and O–H groups in total. The third-order valence-electron chi connectivity index (χ3n) is 0.492. The average molecular weight is 120 g/mol. The van der Waals surface area contributed by atoms with E-state index in [-0.39, 0.29) is 0 Å². The van der Waals surface area contributed by atoms with E-state index < -0.39 is 0 Å². The molecule has 0 fully saturated rings. The summed E-state index contributed by atoms with van der Waals surface area (Å²) < 4.78 is 2.58. The molecule has 0 rings (SSSR count). The Balaban J connectivity index is 2.56. The van der Waals surface area contributed by atoms with Gasteiger partial charge in [-0.2, -0.15) is 0 Å². The van der Waals surface area contributed by atoms with Crippen LogP contribution in [0.3, 0.4) is 0 Å². The zero-order valence-electron chi connectivity index (χ0n) is 3.96. The first kappa shape index (κ1) is 6.91. The molecule has 0 amide bonds. The van der Waals surface area contributed by atoms with E-state index in [1.54, 1.807) is 0 Å². The van der Waals surface area contributed by atoms with Gasteiger partial charge in [-0.3, -0.25) is 0 Å². The highest BCUT2D eigenvalue weighted by molar-refractivity contribution is 7.97. The minimum Gasteiger partial charge on any atom is -0.330 e. The standard InChI is InChI=1S/C3H8N2OS/c4-2-1-3-7-5-6/h1-4H2. The summed E-state index contributed by atoms with van der Waals surface area (Å²) >= 11 is 1.02. The van der Waals surface area contributed by atoms with Gasteiger partial charge >= 0.3 is 0 Å². The topological polar surface area (TPSA) is 55.4 Å². The van der Waals surface area contributed by atoms with Crippen LogP contribution in [-0.4, -0.2) is 12.3 Å². The number of hydrogen-bond acceptors (Lipinski definition) is 4. The van der Waals surface area contributed by atoms with E-state index in [2.05, 4.69) is 4.58 Å². The van der Waals surface area contributed by atoms with Gasteiger partial charge in [0.05, 0.1) is 0 Å². The highest BCUT2D eigenvalue weighted by Crippen LogP contribution is 1.99. The molecule has 0 bridgehead atoms. The van der Waals surface area contributed by atoms with Crippen molar-refractivity contribution in [2.45, 2.75) is 6.42 Å². The predicted molar refractivity (Wildman–Crippen MR) is 31.9 cm³/mol. The van der Waals surface area contributed by atoms with Crippen LogP contribution in [0.4, 0.5) is 0 Å². The molecule has 7 heavy (non-hydrogen) atoms. The molecule has 0 heterocycles. The summed E-state index contributed by atoms with van der Waals surface area (Å²) in [5, 5.41) is 0. The maximum Gasteiger partial charge on any atom is 0.0203 e. The first-order chi connectivity index (χ1) is 3.41. The molecular formula is C3H8N2OS. The summed E-state index contributed by atoms with van der Waals surface area (Å²) in [5.41, 5.74) is 5.11. The van der Waals surface area contributed by atoms with E-state index in [9.17, 15) is 4.91 Å². The molecule has 0 aliphatic heterocycles. The van der Waals surface area contributed by atoms with Crippen molar-refractivity contribution in [2.75, 3.05) is 12.3 Å². The zero-order valence-corrected chi connectivity index (χ0v) is 4.78. The Labute approximate surface area is 46.8 Å². The van der Waals surface area contributed by atoms with Crippen LogP contribution in [0, 0.1) is 4.91 Å². The Bertz CT molecular complexity index is 50.2. The van der Waals surface area contributed by atoms with Crippen molar-refractivity contribution in [1.82, 2.24) is 0 Å². The van der Waals surface area contributed by atoms with Crippen LogP contribution < -0.4 is 5.73 Å². The quantitative estimate of drug-likeness (QED) is 0.338. The first-order valence-corrected chi connectivity index (χ1v) is 3.00. The van der Waals surface area contributed by atoms with Crippen LogP contribution in [0.15, 0.2) is 4.58 Å². The van der Waals surface area contributed by atoms with Crippen LogP contribution in [0.1, 0.15) is 6.42 Å². The average Bonchev–Trinajstić information content (AvgIpc) is 1.69. The normalized spacial score (nSPS) is 8.71. The first-order valence-electron chi connectivity index (χ1n) is 2.06. The lowest BCUT2D eigenvalue weighted by atomic mass is 10.5. The van der Waals surface area contributed by atoms with Crippen molar-refractivity contribution in [3.05, 3.63) is 4.91 Å². The molecule has 3 nitrogen and oxygen atoms in total. The summed E-state index contributed by atoms with van der Waals surface area (Å²) in [6, 6.07) is 0. The van der Waals surface area contributed by atoms with Crippen LogP contribution in [0.25, 0.3) is 0 Å². The van der Waals surface area contributed by atoms with Gasteiger partial charge in [0.1, 0.15) is 0 Å². The van der Waals surface area contributed by atoms with Crippen LogP contribution >= 0.6 is 11.9 Å². The molecule has 0 atom stereocenters. The molecule has 0 aromatic rings. The molecule has 0 spiro atoms. The molecule has 4 heteroatoms. The van der Waals surface area contributed by atoms with Gasteiger partial charge < -0.3 is 5.73 Å². The second kappa shape index (κ2) is 5.91. The minimum atomic E-state index is 0.641. The summed E-state index contributed by atoms with van der Waals surface area (Å²) in [7, 11) is 0. The second-order valence-electron chi connectivity index (χ2n) is 1.05. The van der Waals surface area contributed by atoms with Gasteiger partial charge in [-0.1, -0.05) is 0 Å². The van der Waals surface area contributed by atoms with Crippen molar-refractivity contribution < 1.29 is 0 Å². The monoisotopic (exact) mass is 120 g/mol. The number of nitrogens with two attached hydrogens (primary N) is 1. The SMILES string of the molecule is NCCCSN=O. The Morgan fingerprint density at radius 1 is 1.71 bits per heavy atom. The number of rotatable bonds is 4. The third kappa shape index (κ3) is 5.91. The Morgan fingerprint density at radius 3 is 2.86 bits per heavy atom. The highest BCUT2D eigenvalue weighted by atomic mass is 32.2. The molecule has 0 radical (unpaired) electrons. The number of hydrogen-bond donors (Lipinski definition) is 1. The van der Waals surface area contributed by atoms with E-state index in [0.29, 0.717) is 6.54 Å². The smallest absolute Gasteiger partial charge is 0.0203 e. The van der Waals surface area contributed by atoms with Crippen molar-refractivity contribution >= 4 is 11.9 Å². The lowest BCUT2D eigenvalue weighted by Crippen LogP contribution is -1.98. The molecular weight excluding hydrogens is 112 g/mol. The Kier molecular flexibility index (Phi) is 5.83. The van der Waals surface area contributed by atoms with Crippen molar-refractivity contribution in [3.8, 4) is 0 Å². The van der Waals surface area contributed by atoms with Crippen LogP contribution in [0.2, 0.25) is 0 Å². The molecule has 0 saturated carbocycles. The molecule has 0 aromatic heterocycles. The third-order valence-corrected chi connectivity index (χ3v) is 1.07. The summed E-state index contributed by atoms with van der Waals surface area (Å²) in [6.45, 7) is 0.641. The van der Waals surface area contributed by atoms with E-state index in [1.807, 2.05) is 0 Å². The molecule has 0 aliphatic carbocycles. The lowest BCUT2D eigenvalue weighted by Gasteiger charge is -1.84. The molecule has 42 valence electrons. The van der Waals surface area contributed by atoms with E-state index >= 15 is 0 Å². The molecule has 0 saturated heterocycles. The van der Waals surface area contributed by atoms with Gasteiger partial charge in [-0.05, 0) is 13.0 Å². The predicted octanol–water partition coefficient (Wildman–Crippen LogP) is 0.750. The fourth-order valence-corrected chi connectivity index (χ4v) is 0.555. The highest BCUT2D eigenvalue weighted by Gasteiger charge is 1.81. The van der Waals surface area contributed by atoms with Gasteiger partial charge in [0.2, 0.25) is 0 Å². The second-order valence-corrected chi connectivity index (χ2v) is 1.87. The summed E-state index contributed by atoms with van der Waals surface area (Å²) in [5.74, 6) is 0.750. The lowest BCUT2D eigenvalue weighted by molar-refractivity contribution is 0.943. The van der Waals surface area contributed by atoms with Gasteiger partial charge in [-0.25, -0.2) is 0 Å². The fourth-order valence-electron chi connectivity index (χ4n) is 0.185. The summed E-state index contributed by atoms with van der Waals surface area (Å²) in [6.07, 6.45) is 0.871. The maximum absolute atomic E-state index is 9.35. The fraction of sp³-hybridized carbons (Fsp3) is 1.00. The molecule has 0 unspecified atom stereocenters. The van der Waals surface area contributed by atoms with E-state index in [0.717, 1.165) is 24.1 Å². The van der Waals surface area contributed by atoms with Crippen molar-refractivity contribution in [1.29, 1.82) is 0 Å². The zero-order chi connectivity index (χ0) is 5.54.